The number of hydrogen-bond donors (Lipinski definition) is 0. The zero-order chi connectivity index (χ0) is 19.8. The van der Waals surface area contributed by atoms with Crippen LogP contribution in [-0.2, 0) is 0 Å². The molecule has 0 saturated carbocycles. The Bertz CT molecular complexity index is 1200. The van der Waals surface area contributed by atoms with Crippen molar-refractivity contribution < 1.29 is 0 Å². The summed E-state index contributed by atoms with van der Waals surface area (Å²) in [5, 5.41) is 2.63. The lowest BCUT2D eigenvalue weighted by molar-refractivity contribution is 1.13. The minimum Gasteiger partial charge on any atom is -0.378 e. The fourth-order valence-electron chi connectivity index (χ4n) is 3.73. The number of hydrogen-bond acceptors (Lipinski definition) is 1. The summed E-state index contributed by atoms with van der Waals surface area (Å²) in [6.07, 6.45) is 6.62. The first-order valence-electron chi connectivity index (χ1n) is 9.98. The summed E-state index contributed by atoms with van der Waals surface area (Å²) in [5.74, 6) is 0. The number of rotatable bonds is 4. The minimum atomic E-state index is 1.21. The Labute approximate surface area is 172 Å². The van der Waals surface area contributed by atoms with Gasteiger partial charge >= 0.3 is 0 Å². The molecule has 4 aromatic carbocycles. The number of fused-ring (bicyclic) bond motifs is 2. The molecule has 4 aromatic rings. The smallest absolute Gasteiger partial charge is 0.0361 e. The predicted molar refractivity (Wildman–Crippen MR) is 127 cm³/mol. The van der Waals surface area contributed by atoms with Gasteiger partial charge in [0.05, 0.1) is 0 Å². The van der Waals surface area contributed by atoms with E-state index in [0.717, 1.165) is 0 Å². The summed E-state index contributed by atoms with van der Waals surface area (Å²) in [4.78, 5) is 2.11. The standard InChI is InChI=1S/C28H23N/c1-29(2)25-15-13-21(14-16-25)8-7-20-9-11-22(12-10-20)17-26-27-18-23-5-3-4-6-24(23)19-28(26)27/h3-19H,1-2H3/b8-7+. The molecule has 1 aliphatic rings. The summed E-state index contributed by atoms with van der Waals surface area (Å²) in [5.41, 5.74) is 9.01. The topological polar surface area (TPSA) is 3.24 Å². The van der Waals surface area contributed by atoms with Gasteiger partial charge in [-0.05, 0) is 74.5 Å². The molecule has 0 N–H and O–H groups in total. The van der Waals surface area contributed by atoms with Crippen molar-refractivity contribution in [3.63, 3.8) is 0 Å². The van der Waals surface area contributed by atoms with E-state index in [1.54, 1.807) is 0 Å². The molecule has 0 fully saturated rings. The third kappa shape index (κ3) is 3.60. The van der Waals surface area contributed by atoms with E-state index >= 15 is 0 Å². The maximum Gasteiger partial charge on any atom is 0.0361 e. The highest BCUT2D eigenvalue weighted by atomic mass is 15.1. The van der Waals surface area contributed by atoms with Gasteiger partial charge in [0.2, 0.25) is 0 Å². The second-order valence-electron chi connectivity index (χ2n) is 7.79. The van der Waals surface area contributed by atoms with E-state index in [0.29, 0.717) is 0 Å². The molecule has 29 heavy (non-hydrogen) atoms. The van der Waals surface area contributed by atoms with Gasteiger partial charge in [-0.1, -0.05) is 72.8 Å². The normalized spacial score (nSPS) is 12.3. The van der Waals surface area contributed by atoms with E-state index in [-0.39, 0.29) is 0 Å². The van der Waals surface area contributed by atoms with E-state index in [1.165, 1.54) is 49.9 Å². The van der Waals surface area contributed by atoms with Crippen molar-refractivity contribution in [1.82, 2.24) is 0 Å². The minimum absolute atomic E-state index is 1.21. The molecular formula is C28H23N. The zero-order valence-electron chi connectivity index (χ0n) is 16.8. The molecule has 1 aliphatic carbocycles. The molecule has 0 radical (unpaired) electrons. The Morgan fingerprint density at radius 3 is 1.59 bits per heavy atom. The van der Waals surface area contributed by atoms with Gasteiger partial charge in [-0.25, -0.2) is 0 Å². The quantitative estimate of drug-likeness (QED) is 0.307. The van der Waals surface area contributed by atoms with Crippen LogP contribution < -0.4 is 4.90 Å². The molecule has 0 unspecified atom stereocenters. The van der Waals surface area contributed by atoms with Crippen molar-refractivity contribution in [1.29, 1.82) is 0 Å². The first-order valence-corrected chi connectivity index (χ1v) is 9.98. The number of nitrogens with zero attached hydrogens (tertiary/aromatic N) is 1. The SMILES string of the molecule is CN(C)c1ccc(/C=C/c2ccc(C=C3c4cc5ccccc5cc43)cc2)cc1. The highest BCUT2D eigenvalue weighted by molar-refractivity contribution is 6.12. The molecule has 1 heteroatoms. The first kappa shape index (κ1) is 17.5. The molecule has 0 spiro atoms. The van der Waals surface area contributed by atoms with Crippen LogP contribution in [0, 0.1) is 0 Å². The summed E-state index contributed by atoms with van der Waals surface area (Å²) in [7, 11) is 4.12. The largest absolute Gasteiger partial charge is 0.378 e. The Morgan fingerprint density at radius 2 is 1.07 bits per heavy atom. The molecule has 0 heterocycles. The second-order valence-corrected chi connectivity index (χ2v) is 7.79. The Morgan fingerprint density at radius 1 is 0.586 bits per heavy atom. The van der Waals surface area contributed by atoms with Crippen LogP contribution in [0.1, 0.15) is 27.8 Å². The average molecular weight is 373 g/mol. The molecule has 0 aliphatic heterocycles. The average Bonchev–Trinajstić information content (AvgIpc) is 3.42. The van der Waals surface area contributed by atoms with Crippen LogP contribution in [0.5, 0.6) is 0 Å². The van der Waals surface area contributed by atoms with Gasteiger partial charge in [-0.15, -0.1) is 0 Å². The first-order chi connectivity index (χ1) is 14.2. The van der Waals surface area contributed by atoms with Gasteiger partial charge in [0, 0.05) is 19.8 Å². The molecule has 0 atom stereocenters. The summed E-state index contributed by atoms with van der Waals surface area (Å²) < 4.78 is 0. The van der Waals surface area contributed by atoms with Crippen LogP contribution in [0.25, 0.3) is 34.6 Å². The van der Waals surface area contributed by atoms with E-state index < -0.39 is 0 Å². The lowest BCUT2D eigenvalue weighted by atomic mass is 10.1. The molecular weight excluding hydrogens is 350 g/mol. The monoisotopic (exact) mass is 373 g/mol. The van der Waals surface area contributed by atoms with E-state index in [9.17, 15) is 0 Å². The molecule has 0 bridgehead atoms. The molecule has 0 saturated heterocycles. The van der Waals surface area contributed by atoms with Gasteiger partial charge in [-0.2, -0.15) is 0 Å². The second kappa shape index (κ2) is 7.10. The summed E-state index contributed by atoms with van der Waals surface area (Å²) >= 11 is 0. The number of anilines is 1. The van der Waals surface area contributed by atoms with Gasteiger partial charge in [0.25, 0.3) is 0 Å². The van der Waals surface area contributed by atoms with Crippen molar-refractivity contribution in [3.8, 4) is 0 Å². The molecule has 140 valence electrons. The zero-order valence-corrected chi connectivity index (χ0v) is 16.8. The third-order valence-electron chi connectivity index (χ3n) is 5.53. The van der Waals surface area contributed by atoms with Crippen LogP contribution in [0.4, 0.5) is 5.69 Å². The van der Waals surface area contributed by atoms with Crippen LogP contribution in [0.2, 0.25) is 0 Å². The fraction of sp³-hybridized carbons (Fsp3) is 0.0714. The molecule has 1 nitrogen and oxygen atoms in total. The van der Waals surface area contributed by atoms with Crippen LogP contribution in [-0.4, -0.2) is 14.1 Å². The van der Waals surface area contributed by atoms with Crippen molar-refractivity contribution in [2.75, 3.05) is 19.0 Å². The predicted octanol–water partition coefficient (Wildman–Crippen LogP) is 6.98. The highest BCUT2D eigenvalue weighted by Gasteiger charge is 2.24. The van der Waals surface area contributed by atoms with E-state index in [2.05, 4.69) is 122 Å². The van der Waals surface area contributed by atoms with Crippen LogP contribution >= 0.6 is 0 Å². The van der Waals surface area contributed by atoms with Crippen LogP contribution in [0.3, 0.4) is 0 Å². The summed E-state index contributed by atoms with van der Waals surface area (Å²) in [6, 6.07) is 30.5. The summed E-state index contributed by atoms with van der Waals surface area (Å²) in [6.45, 7) is 0. The fourth-order valence-corrected chi connectivity index (χ4v) is 3.73. The Hall–Kier alpha value is -3.58. The van der Waals surface area contributed by atoms with Crippen LogP contribution in [0.15, 0.2) is 84.9 Å². The molecule has 5 rings (SSSR count). The third-order valence-corrected chi connectivity index (χ3v) is 5.53. The van der Waals surface area contributed by atoms with Crippen molar-refractivity contribution in [3.05, 3.63) is 113 Å². The van der Waals surface area contributed by atoms with Crippen molar-refractivity contribution >= 4 is 40.3 Å². The van der Waals surface area contributed by atoms with Gasteiger partial charge in [-0.3, -0.25) is 0 Å². The van der Waals surface area contributed by atoms with Crippen molar-refractivity contribution in [2.24, 2.45) is 0 Å². The van der Waals surface area contributed by atoms with E-state index in [1.807, 2.05) is 0 Å². The maximum atomic E-state index is 2.30. The highest BCUT2D eigenvalue weighted by Crippen LogP contribution is 2.45. The molecule has 0 amide bonds. The maximum absolute atomic E-state index is 2.30. The van der Waals surface area contributed by atoms with Gasteiger partial charge in [0.1, 0.15) is 0 Å². The molecule has 0 aromatic heterocycles. The Kier molecular flexibility index (Phi) is 4.29. The van der Waals surface area contributed by atoms with Gasteiger partial charge in [0.15, 0.2) is 0 Å². The lowest BCUT2D eigenvalue weighted by Crippen LogP contribution is -2.07. The number of benzene rings is 4. The van der Waals surface area contributed by atoms with Crippen molar-refractivity contribution in [2.45, 2.75) is 0 Å². The lowest BCUT2D eigenvalue weighted by Gasteiger charge is -2.11. The Balaban J connectivity index is 1.31. The van der Waals surface area contributed by atoms with E-state index in [4.69, 9.17) is 0 Å². The van der Waals surface area contributed by atoms with Gasteiger partial charge < -0.3 is 4.90 Å².